The Kier molecular flexibility index (Phi) is 6.92. The van der Waals surface area contributed by atoms with Crippen molar-refractivity contribution in [3.05, 3.63) is 11.4 Å². The summed E-state index contributed by atoms with van der Waals surface area (Å²) in [5.41, 5.74) is 2.09. The number of nitrogens with zero attached hydrogens (tertiary/aromatic N) is 2. The maximum atomic E-state index is 5.83. The lowest BCUT2D eigenvalue weighted by molar-refractivity contribution is 0.300. The molecule has 19 heavy (non-hydrogen) atoms. The number of aryl methyl sites for hydroxylation is 2. The lowest BCUT2D eigenvalue weighted by Gasteiger charge is -2.08. The van der Waals surface area contributed by atoms with Crippen molar-refractivity contribution in [3.63, 3.8) is 0 Å². The van der Waals surface area contributed by atoms with Gasteiger partial charge in [0.2, 0.25) is 0 Å². The summed E-state index contributed by atoms with van der Waals surface area (Å²) in [6, 6.07) is 0. The van der Waals surface area contributed by atoms with E-state index in [1.54, 1.807) is 0 Å². The second-order valence-corrected chi connectivity index (χ2v) is 5.63. The van der Waals surface area contributed by atoms with Crippen molar-refractivity contribution >= 4 is 0 Å². The zero-order valence-electron chi connectivity index (χ0n) is 13.1. The van der Waals surface area contributed by atoms with E-state index in [2.05, 4.69) is 24.3 Å². The number of rotatable bonds is 9. The number of aromatic nitrogens is 2. The molecule has 1 aromatic heterocycles. The fraction of sp³-hybridized carbons (Fsp3) is 0.800. The van der Waals surface area contributed by atoms with E-state index < -0.39 is 0 Å². The first kappa shape index (κ1) is 16.0. The molecule has 1 N–H and O–H groups in total. The first-order valence-electron chi connectivity index (χ1n) is 7.36. The van der Waals surface area contributed by atoms with Gasteiger partial charge in [-0.05, 0) is 52.1 Å². The van der Waals surface area contributed by atoms with Gasteiger partial charge in [0.1, 0.15) is 5.69 Å². The van der Waals surface area contributed by atoms with Crippen LogP contribution in [-0.4, -0.2) is 29.5 Å². The molecule has 0 aromatic carbocycles. The summed E-state index contributed by atoms with van der Waals surface area (Å²) in [4.78, 5) is 0. The summed E-state index contributed by atoms with van der Waals surface area (Å²) in [7, 11) is 1.95. The van der Waals surface area contributed by atoms with Crippen LogP contribution in [0.1, 0.15) is 44.5 Å². The Labute approximate surface area is 117 Å². The average molecular weight is 267 g/mol. The molecule has 1 rings (SSSR count). The van der Waals surface area contributed by atoms with Crippen LogP contribution in [0.3, 0.4) is 0 Å². The van der Waals surface area contributed by atoms with E-state index >= 15 is 0 Å². The average Bonchev–Trinajstić information content (AvgIpc) is 2.58. The molecule has 0 spiro atoms. The molecule has 4 nitrogen and oxygen atoms in total. The number of hydrogen-bond acceptors (Lipinski definition) is 3. The van der Waals surface area contributed by atoms with Crippen LogP contribution < -0.4 is 10.1 Å². The van der Waals surface area contributed by atoms with Gasteiger partial charge >= 0.3 is 0 Å². The third kappa shape index (κ3) is 5.64. The highest BCUT2D eigenvalue weighted by Gasteiger charge is 2.09. The molecular weight excluding hydrogens is 238 g/mol. The molecule has 0 atom stereocenters. The zero-order valence-corrected chi connectivity index (χ0v) is 13.1. The second-order valence-electron chi connectivity index (χ2n) is 5.63. The Morgan fingerprint density at radius 1 is 1.21 bits per heavy atom. The van der Waals surface area contributed by atoms with Gasteiger partial charge in [-0.25, -0.2) is 0 Å². The van der Waals surface area contributed by atoms with E-state index in [1.807, 2.05) is 25.6 Å². The largest absolute Gasteiger partial charge is 0.490 e. The maximum absolute atomic E-state index is 5.83. The fourth-order valence-electron chi connectivity index (χ4n) is 2.06. The first-order valence-corrected chi connectivity index (χ1v) is 7.36. The van der Waals surface area contributed by atoms with Crippen LogP contribution in [0, 0.1) is 19.8 Å². The van der Waals surface area contributed by atoms with Gasteiger partial charge in [-0.3, -0.25) is 4.68 Å². The molecule has 0 radical (unpaired) electrons. The van der Waals surface area contributed by atoms with Crippen LogP contribution in [0.25, 0.3) is 0 Å². The third-order valence-electron chi connectivity index (χ3n) is 3.24. The fourth-order valence-corrected chi connectivity index (χ4v) is 2.06. The van der Waals surface area contributed by atoms with Crippen LogP contribution in [-0.2, 0) is 7.05 Å². The van der Waals surface area contributed by atoms with Gasteiger partial charge < -0.3 is 10.1 Å². The summed E-state index contributed by atoms with van der Waals surface area (Å²) in [6.45, 7) is 11.5. The lowest BCUT2D eigenvalue weighted by Crippen LogP contribution is -2.20. The molecule has 0 unspecified atom stereocenters. The summed E-state index contributed by atoms with van der Waals surface area (Å²) >= 11 is 0. The van der Waals surface area contributed by atoms with Crippen LogP contribution in [0.5, 0.6) is 5.75 Å². The number of hydrogen-bond donors (Lipinski definition) is 1. The quantitative estimate of drug-likeness (QED) is 0.699. The molecule has 0 fully saturated rings. The normalized spacial score (nSPS) is 11.3. The Hall–Kier alpha value is -1.03. The minimum absolute atomic E-state index is 0.736. The van der Waals surface area contributed by atoms with Gasteiger partial charge in [-0.2, -0.15) is 5.10 Å². The number of nitrogens with one attached hydrogen (secondary N) is 1. The predicted molar refractivity (Wildman–Crippen MR) is 79.7 cm³/mol. The molecule has 1 heterocycles. The number of ether oxygens (including phenoxy) is 1. The molecular formula is C15H29N3O. The minimum Gasteiger partial charge on any atom is -0.490 e. The van der Waals surface area contributed by atoms with Crippen molar-refractivity contribution < 1.29 is 4.74 Å². The van der Waals surface area contributed by atoms with Crippen molar-refractivity contribution in [1.29, 1.82) is 0 Å². The highest BCUT2D eigenvalue weighted by molar-refractivity contribution is 5.31. The summed E-state index contributed by atoms with van der Waals surface area (Å²) < 4.78 is 7.70. The van der Waals surface area contributed by atoms with Crippen LogP contribution >= 0.6 is 0 Å². The third-order valence-corrected chi connectivity index (χ3v) is 3.24. The van der Waals surface area contributed by atoms with Crippen LogP contribution in [0.15, 0.2) is 0 Å². The monoisotopic (exact) mass is 267 g/mol. The lowest BCUT2D eigenvalue weighted by atomic mass is 10.2. The molecule has 0 aliphatic heterocycles. The topological polar surface area (TPSA) is 39.1 Å². The predicted octanol–water partition coefficient (Wildman–Crippen LogP) is 2.83. The van der Waals surface area contributed by atoms with Gasteiger partial charge in [0.05, 0.1) is 12.3 Å². The van der Waals surface area contributed by atoms with E-state index in [-0.39, 0.29) is 0 Å². The Balaban J connectivity index is 2.08. The molecule has 4 heteroatoms. The standard InChI is InChI=1S/C15H29N3O/c1-12(2)11-16-9-7-6-8-10-19-15-13(3)17-18(5)14(15)4/h12,16H,6-11H2,1-5H3. The molecule has 110 valence electrons. The molecule has 0 aliphatic rings. The van der Waals surface area contributed by atoms with E-state index in [0.29, 0.717) is 0 Å². The van der Waals surface area contributed by atoms with Crippen molar-refractivity contribution in [3.8, 4) is 5.75 Å². The summed E-state index contributed by atoms with van der Waals surface area (Å²) in [5, 5.41) is 7.81. The summed E-state index contributed by atoms with van der Waals surface area (Å²) in [5.74, 6) is 1.69. The molecule has 0 saturated heterocycles. The highest BCUT2D eigenvalue weighted by atomic mass is 16.5. The SMILES string of the molecule is Cc1nn(C)c(C)c1OCCCCCNCC(C)C. The van der Waals surface area contributed by atoms with Gasteiger partial charge in [0, 0.05) is 7.05 Å². The molecule has 1 aromatic rings. The number of unbranched alkanes of at least 4 members (excludes halogenated alkanes) is 2. The van der Waals surface area contributed by atoms with Crippen molar-refractivity contribution in [2.75, 3.05) is 19.7 Å². The van der Waals surface area contributed by atoms with E-state index in [9.17, 15) is 0 Å². The maximum Gasteiger partial charge on any atom is 0.162 e. The van der Waals surface area contributed by atoms with Crippen LogP contribution in [0.2, 0.25) is 0 Å². The van der Waals surface area contributed by atoms with Gasteiger partial charge in [-0.1, -0.05) is 13.8 Å². The van der Waals surface area contributed by atoms with Crippen molar-refractivity contribution in [2.45, 2.75) is 47.0 Å². The first-order chi connectivity index (χ1) is 9.02. The molecule has 0 bridgehead atoms. The summed E-state index contributed by atoms with van der Waals surface area (Å²) in [6.07, 6.45) is 3.54. The van der Waals surface area contributed by atoms with E-state index in [0.717, 1.165) is 49.2 Å². The smallest absolute Gasteiger partial charge is 0.162 e. The van der Waals surface area contributed by atoms with Gasteiger partial charge in [0.25, 0.3) is 0 Å². The molecule has 0 aliphatic carbocycles. The van der Waals surface area contributed by atoms with Crippen molar-refractivity contribution in [2.24, 2.45) is 13.0 Å². The van der Waals surface area contributed by atoms with Gasteiger partial charge in [0.15, 0.2) is 5.75 Å². The molecule has 0 amide bonds. The van der Waals surface area contributed by atoms with Crippen LogP contribution in [0.4, 0.5) is 0 Å². The van der Waals surface area contributed by atoms with Crippen molar-refractivity contribution in [1.82, 2.24) is 15.1 Å². The Morgan fingerprint density at radius 2 is 1.95 bits per heavy atom. The van der Waals surface area contributed by atoms with E-state index in [1.165, 1.54) is 12.8 Å². The Morgan fingerprint density at radius 3 is 2.53 bits per heavy atom. The van der Waals surface area contributed by atoms with E-state index in [4.69, 9.17) is 4.74 Å². The molecule has 0 saturated carbocycles. The second kappa shape index (κ2) is 8.20. The van der Waals surface area contributed by atoms with Gasteiger partial charge in [-0.15, -0.1) is 0 Å². The Bertz CT molecular complexity index is 372. The minimum atomic E-state index is 0.736. The zero-order chi connectivity index (χ0) is 14.3. The highest BCUT2D eigenvalue weighted by Crippen LogP contribution is 2.21.